The zero-order valence-electron chi connectivity index (χ0n) is 10.2. The lowest BCUT2D eigenvalue weighted by atomic mass is 10.4. The Morgan fingerprint density at radius 1 is 0.650 bits per heavy atom. The molecule has 0 atom stereocenters. The molecule has 8 heteroatoms. The van der Waals surface area contributed by atoms with E-state index in [1.165, 1.54) is 48.5 Å². The van der Waals surface area contributed by atoms with Gasteiger partial charge in [-0.15, -0.1) is 3.62 Å². The van der Waals surface area contributed by atoms with Crippen molar-refractivity contribution in [3.8, 4) is 0 Å². The van der Waals surface area contributed by atoms with Crippen LogP contribution in [0, 0.1) is 0 Å². The van der Waals surface area contributed by atoms with Crippen LogP contribution >= 0.6 is 0 Å². The summed E-state index contributed by atoms with van der Waals surface area (Å²) in [7, 11) is -3.29. The van der Waals surface area contributed by atoms with E-state index in [1.807, 2.05) is 0 Å². The smallest absolute Gasteiger partial charge is 0.207 e. The Labute approximate surface area is 119 Å². The van der Waals surface area contributed by atoms with Crippen molar-refractivity contribution in [3.05, 3.63) is 60.7 Å². The highest BCUT2D eigenvalue weighted by Gasteiger charge is 2.31. The largest absolute Gasteiger partial charge is 0.244 e. The number of rotatable bonds is 4. The van der Waals surface area contributed by atoms with Crippen LogP contribution in [0.5, 0.6) is 0 Å². The van der Waals surface area contributed by atoms with E-state index in [4.69, 9.17) is 7.98 Å². The second-order valence-corrected chi connectivity index (χ2v) is 7.72. The van der Waals surface area contributed by atoms with E-state index in [1.54, 1.807) is 12.1 Å². The van der Waals surface area contributed by atoms with Gasteiger partial charge in [0, 0.05) is 0 Å². The van der Waals surface area contributed by atoms with E-state index in [2.05, 4.69) is 0 Å². The van der Waals surface area contributed by atoms with Crippen molar-refractivity contribution in [2.24, 2.45) is 0 Å². The molecule has 0 aliphatic rings. The predicted octanol–water partition coefficient (Wildman–Crippen LogP) is 1.15. The first kappa shape index (κ1) is 14.8. The van der Waals surface area contributed by atoms with E-state index in [0.717, 1.165) is 0 Å². The van der Waals surface area contributed by atoms with Crippen LogP contribution in [0.2, 0.25) is 0 Å². The molecular formula is C12H10BNO4S2. The highest BCUT2D eigenvalue weighted by Crippen LogP contribution is 2.21. The highest BCUT2D eigenvalue weighted by molar-refractivity contribution is 8.05. The third-order valence-corrected chi connectivity index (χ3v) is 6.42. The third kappa shape index (κ3) is 2.62. The number of hydrogen-bond donors (Lipinski definition) is 0. The van der Waals surface area contributed by atoms with E-state index < -0.39 is 20.0 Å². The lowest BCUT2D eigenvalue weighted by molar-refractivity contribution is 0.552. The second kappa shape index (κ2) is 5.39. The van der Waals surface area contributed by atoms with Gasteiger partial charge < -0.3 is 0 Å². The minimum absolute atomic E-state index is 0.106. The standard InChI is InChI=1S/C12H10BNO4S2/c13-14(19(15,16)11-7-3-1-4-8-11)20(17,18)12-9-5-2-6-10-12/h1-10H. The van der Waals surface area contributed by atoms with Crippen LogP contribution < -0.4 is 0 Å². The molecule has 102 valence electrons. The Balaban J connectivity index is 2.49. The minimum Gasteiger partial charge on any atom is -0.207 e. The van der Waals surface area contributed by atoms with Crippen molar-refractivity contribution >= 4 is 28.0 Å². The summed E-state index contributed by atoms with van der Waals surface area (Å²) in [6.45, 7) is 0. The van der Waals surface area contributed by atoms with Crippen molar-refractivity contribution in [3.63, 3.8) is 0 Å². The summed E-state index contributed by atoms with van der Waals surface area (Å²) in [5, 5.41) is 0. The Morgan fingerprint density at radius 2 is 0.950 bits per heavy atom. The molecule has 0 amide bonds. The number of hydrogen-bond acceptors (Lipinski definition) is 4. The van der Waals surface area contributed by atoms with Gasteiger partial charge >= 0.3 is 0 Å². The normalized spacial score (nSPS) is 12.4. The Morgan fingerprint density at radius 3 is 1.25 bits per heavy atom. The molecule has 0 bridgehead atoms. The van der Waals surface area contributed by atoms with Crippen molar-refractivity contribution in [2.45, 2.75) is 9.79 Å². The molecule has 0 fully saturated rings. The van der Waals surface area contributed by atoms with Gasteiger partial charge in [0.05, 0.1) is 9.79 Å². The molecule has 0 saturated carbocycles. The van der Waals surface area contributed by atoms with Gasteiger partial charge in [0.2, 0.25) is 28.0 Å². The van der Waals surface area contributed by atoms with Crippen LogP contribution in [0.1, 0.15) is 0 Å². The summed E-state index contributed by atoms with van der Waals surface area (Å²) in [6.07, 6.45) is 0. The molecule has 0 unspecified atom stereocenters. The lowest BCUT2D eigenvalue weighted by Gasteiger charge is -2.18. The zero-order chi connectivity index (χ0) is 14.8. The molecule has 0 N–H and O–H groups in total. The summed E-state index contributed by atoms with van der Waals surface area (Å²) in [6, 6.07) is 14.3. The number of benzene rings is 2. The Hall–Kier alpha value is -1.64. The maximum atomic E-state index is 12.2. The first-order chi connectivity index (χ1) is 9.37. The average Bonchev–Trinajstić information content (AvgIpc) is 2.48. The van der Waals surface area contributed by atoms with Gasteiger partial charge in [-0.25, -0.2) is 16.8 Å². The quantitative estimate of drug-likeness (QED) is 0.794. The molecule has 2 radical (unpaired) electrons. The second-order valence-electron chi connectivity index (χ2n) is 3.86. The van der Waals surface area contributed by atoms with E-state index >= 15 is 0 Å². The van der Waals surface area contributed by atoms with E-state index in [0.29, 0.717) is 0 Å². The molecule has 2 aromatic carbocycles. The maximum absolute atomic E-state index is 12.2. The highest BCUT2D eigenvalue weighted by atomic mass is 32.3. The van der Waals surface area contributed by atoms with Crippen molar-refractivity contribution in [1.82, 2.24) is 3.62 Å². The zero-order valence-corrected chi connectivity index (χ0v) is 11.9. The fraction of sp³-hybridized carbons (Fsp3) is 0. The van der Waals surface area contributed by atoms with Crippen LogP contribution in [0.25, 0.3) is 0 Å². The Bertz CT molecular complexity index is 720. The van der Waals surface area contributed by atoms with Gasteiger partial charge in [0.1, 0.15) is 0 Å². The summed E-state index contributed by atoms with van der Waals surface area (Å²) in [5.41, 5.74) is 0. The fourth-order valence-corrected chi connectivity index (χ4v) is 4.49. The van der Waals surface area contributed by atoms with Gasteiger partial charge in [-0.2, -0.15) is 0 Å². The van der Waals surface area contributed by atoms with Gasteiger partial charge in [0.25, 0.3) is 0 Å². The minimum atomic E-state index is -4.32. The summed E-state index contributed by atoms with van der Waals surface area (Å²) >= 11 is 0. The topological polar surface area (TPSA) is 71.5 Å². The molecule has 0 spiro atoms. The van der Waals surface area contributed by atoms with Gasteiger partial charge in [0.15, 0.2) is 0 Å². The van der Waals surface area contributed by atoms with Gasteiger partial charge in [-0.1, -0.05) is 36.4 Å². The van der Waals surface area contributed by atoms with Gasteiger partial charge in [-0.05, 0) is 24.3 Å². The maximum Gasteiger partial charge on any atom is 0.244 e. The number of nitrogens with zero attached hydrogens (tertiary/aromatic N) is 1. The van der Waals surface area contributed by atoms with Crippen LogP contribution in [-0.4, -0.2) is 28.4 Å². The molecule has 0 heterocycles. The summed E-state index contributed by atoms with van der Waals surface area (Å²) in [5.74, 6) is 0. The fourth-order valence-electron chi connectivity index (χ4n) is 1.52. The lowest BCUT2D eigenvalue weighted by Crippen LogP contribution is -2.34. The number of sulfonamides is 2. The molecule has 20 heavy (non-hydrogen) atoms. The predicted molar refractivity (Wildman–Crippen MR) is 74.8 cm³/mol. The van der Waals surface area contributed by atoms with Gasteiger partial charge in [-0.3, -0.25) is 0 Å². The van der Waals surface area contributed by atoms with Crippen molar-refractivity contribution in [1.29, 1.82) is 0 Å². The molecule has 0 aromatic heterocycles. The first-order valence-electron chi connectivity index (χ1n) is 5.52. The summed E-state index contributed by atoms with van der Waals surface area (Å²) < 4.78 is 48.6. The van der Waals surface area contributed by atoms with E-state index in [-0.39, 0.29) is 13.4 Å². The van der Waals surface area contributed by atoms with E-state index in [9.17, 15) is 16.8 Å². The molecule has 0 aliphatic carbocycles. The Kier molecular flexibility index (Phi) is 3.98. The molecule has 2 rings (SSSR count). The first-order valence-corrected chi connectivity index (χ1v) is 8.40. The molecule has 5 nitrogen and oxygen atoms in total. The summed E-state index contributed by atoms with van der Waals surface area (Å²) in [4.78, 5) is -0.385. The SMILES string of the molecule is [B]N(S(=O)(=O)c1ccccc1)S(=O)(=O)c1ccccc1. The van der Waals surface area contributed by atoms with Crippen molar-refractivity contribution < 1.29 is 16.8 Å². The molecule has 0 saturated heterocycles. The average molecular weight is 307 g/mol. The van der Waals surface area contributed by atoms with Crippen molar-refractivity contribution in [2.75, 3.05) is 0 Å². The van der Waals surface area contributed by atoms with Crippen LogP contribution in [0.4, 0.5) is 0 Å². The monoisotopic (exact) mass is 307 g/mol. The molecular weight excluding hydrogens is 297 g/mol. The van der Waals surface area contributed by atoms with Crippen LogP contribution in [-0.2, 0) is 20.0 Å². The molecule has 0 aliphatic heterocycles. The molecule has 2 aromatic rings. The van der Waals surface area contributed by atoms with Crippen LogP contribution in [0.15, 0.2) is 70.5 Å². The van der Waals surface area contributed by atoms with Crippen LogP contribution in [0.3, 0.4) is 0 Å². The third-order valence-electron chi connectivity index (χ3n) is 2.56.